The lowest BCUT2D eigenvalue weighted by molar-refractivity contribution is -0.137. The van der Waals surface area contributed by atoms with Crippen LogP contribution < -0.4 is 0 Å². The Labute approximate surface area is 101 Å². The second kappa shape index (κ2) is 4.40. The van der Waals surface area contributed by atoms with Crippen LogP contribution in [0, 0.1) is 5.92 Å². The van der Waals surface area contributed by atoms with Crippen LogP contribution >= 0.6 is 15.9 Å². The van der Waals surface area contributed by atoms with E-state index in [0.717, 1.165) is 18.1 Å². The van der Waals surface area contributed by atoms with Gasteiger partial charge in [0.15, 0.2) is 0 Å². The Hall–Kier alpha value is -0.510. The summed E-state index contributed by atoms with van der Waals surface area (Å²) in [6.45, 7) is 0. The third-order valence-corrected chi connectivity index (χ3v) is 3.72. The molecule has 1 atom stereocenters. The second-order valence-electron chi connectivity index (χ2n) is 4.27. The van der Waals surface area contributed by atoms with Gasteiger partial charge in [-0.15, -0.1) is 0 Å². The summed E-state index contributed by atoms with van der Waals surface area (Å²) in [5.74, 6) is 0.693. The summed E-state index contributed by atoms with van der Waals surface area (Å²) in [7, 11) is 0. The van der Waals surface area contributed by atoms with Crippen LogP contribution in [0.2, 0.25) is 0 Å². The largest absolute Gasteiger partial charge is 0.416 e. The predicted molar refractivity (Wildman–Crippen MR) is 60.5 cm³/mol. The number of hydrogen-bond donors (Lipinski definition) is 0. The maximum Gasteiger partial charge on any atom is 0.416 e. The van der Waals surface area contributed by atoms with Crippen molar-refractivity contribution in [1.82, 2.24) is 0 Å². The number of halogens is 4. The van der Waals surface area contributed by atoms with E-state index in [0.29, 0.717) is 5.92 Å². The van der Waals surface area contributed by atoms with Gasteiger partial charge in [0.25, 0.3) is 0 Å². The van der Waals surface area contributed by atoms with Gasteiger partial charge in [-0.05, 0) is 24.0 Å². The van der Waals surface area contributed by atoms with Gasteiger partial charge in [0.1, 0.15) is 0 Å². The fraction of sp³-hybridized carbons (Fsp3) is 0.500. The van der Waals surface area contributed by atoms with Crippen molar-refractivity contribution in [2.45, 2.75) is 30.3 Å². The maximum atomic E-state index is 12.5. The molecular formula is C12H12BrF3. The highest BCUT2D eigenvalue weighted by Crippen LogP contribution is 2.42. The van der Waals surface area contributed by atoms with Crippen LogP contribution in [0.4, 0.5) is 13.2 Å². The van der Waals surface area contributed by atoms with E-state index in [4.69, 9.17) is 0 Å². The molecule has 4 heteroatoms. The van der Waals surface area contributed by atoms with Crippen LogP contribution in [0.1, 0.15) is 35.2 Å². The first-order valence-corrected chi connectivity index (χ1v) is 6.19. The Kier molecular flexibility index (Phi) is 3.29. The van der Waals surface area contributed by atoms with Gasteiger partial charge in [-0.2, -0.15) is 13.2 Å². The number of benzene rings is 1. The van der Waals surface area contributed by atoms with E-state index in [1.165, 1.54) is 25.0 Å². The summed E-state index contributed by atoms with van der Waals surface area (Å²) in [5, 5.41) is 0. The molecule has 0 aromatic heterocycles. The van der Waals surface area contributed by atoms with E-state index >= 15 is 0 Å². The van der Waals surface area contributed by atoms with E-state index in [9.17, 15) is 13.2 Å². The topological polar surface area (TPSA) is 0 Å². The molecule has 2 rings (SSSR count). The SMILES string of the molecule is FC(F)(F)c1cccc(C(Br)CC2CC2)c1. The van der Waals surface area contributed by atoms with E-state index in [1.54, 1.807) is 6.07 Å². The Balaban J connectivity index is 2.14. The minimum absolute atomic E-state index is 0.0438. The molecule has 0 nitrogen and oxygen atoms in total. The standard InChI is InChI=1S/C12H12BrF3/c13-11(6-8-4-5-8)9-2-1-3-10(7-9)12(14,15)16/h1-3,7-8,11H,4-6H2. The van der Waals surface area contributed by atoms with Gasteiger partial charge in [0.2, 0.25) is 0 Å². The number of hydrogen-bond acceptors (Lipinski definition) is 0. The molecular weight excluding hydrogens is 281 g/mol. The fourth-order valence-corrected chi connectivity index (χ4v) is 2.51. The Morgan fingerprint density at radius 1 is 1.31 bits per heavy atom. The molecule has 16 heavy (non-hydrogen) atoms. The average Bonchev–Trinajstić information content (AvgIpc) is 3.00. The van der Waals surface area contributed by atoms with Crippen LogP contribution in [0.15, 0.2) is 24.3 Å². The van der Waals surface area contributed by atoms with Crippen molar-refractivity contribution < 1.29 is 13.2 Å². The van der Waals surface area contributed by atoms with Gasteiger partial charge in [-0.3, -0.25) is 0 Å². The molecule has 1 aromatic rings. The first-order chi connectivity index (χ1) is 7.47. The summed E-state index contributed by atoms with van der Waals surface area (Å²) >= 11 is 3.46. The molecule has 0 N–H and O–H groups in total. The van der Waals surface area contributed by atoms with Gasteiger partial charge < -0.3 is 0 Å². The van der Waals surface area contributed by atoms with Crippen molar-refractivity contribution in [3.05, 3.63) is 35.4 Å². The van der Waals surface area contributed by atoms with Gasteiger partial charge in [-0.1, -0.05) is 47.0 Å². The summed E-state index contributed by atoms with van der Waals surface area (Å²) in [6.07, 6.45) is -0.897. The van der Waals surface area contributed by atoms with Gasteiger partial charge in [0.05, 0.1) is 5.56 Å². The molecule has 0 spiro atoms. The van der Waals surface area contributed by atoms with Crippen molar-refractivity contribution >= 4 is 15.9 Å². The third-order valence-electron chi connectivity index (χ3n) is 2.81. The molecule has 1 fully saturated rings. The van der Waals surface area contributed by atoms with Gasteiger partial charge >= 0.3 is 6.18 Å². The molecule has 0 radical (unpaired) electrons. The Morgan fingerprint density at radius 3 is 2.56 bits per heavy atom. The van der Waals surface area contributed by atoms with Crippen LogP contribution in [-0.4, -0.2) is 0 Å². The highest BCUT2D eigenvalue weighted by Gasteiger charge is 2.31. The molecule has 1 unspecified atom stereocenters. The molecule has 0 heterocycles. The molecule has 0 aliphatic heterocycles. The lowest BCUT2D eigenvalue weighted by Crippen LogP contribution is -2.05. The Bertz CT molecular complexity index is 369. The van der Waals surface area contributed by atoms with Crippen molar-refractivity contribution in [1.29, 1.82) is 0 Å². The number of alkyl halides is 4. The minimum Gasteiger partial charge on any atom is -0.166 e. The van der Waals surface area contributed by atoms with Crippen molar-refractivity contribution in [3.8, 4) is 0 Å². The van der Waals surface area contributed by atoms with Crippen LogP contribution in [-0.2, 0) is 6.18 Å². The van der Waals surface area contributed by atoms with Crippen molar-refractivity contribution in [2.24, 2.45) is 5.92 Å². The highest BCUT2D eigenvalue weighted by molar-refractivity contribution is 9.09. The van der Waals surface area contributed by atoms with Crippen molar-refractivity contribution in [3.63, 3.8) is 0 Å². The second-order valence-corrected chi connectivity index (χ2v) is 5.38. The molecule has 1 aliphatic rings. The highest BCUT2D eigenvalue weighted by atomic mass is 79.9. The van der Waals surface area contributed by atoms with Crippen LogP contribution in [0.25, 0.3) is 0 Å². The molecule has 0 amide bonds. The van der Waals surface area contributed by atoms with E-state index < -0.39 is 11.7 Å². The zero-order valence-corrected chi connectivity index (χ0v) is 10.2. The summed E-state index contributed by atoms with van der Waals surface area (Å²) in [6, 6.07) is 5.57. The van der Waals surface area contributed by atoms with Crippen molar-refractivity contribution in [2.75, 3.05) is 0 Å². The van der Waals surface area contributed by atoms with E-state index in [2.05, 4.69) is 15.9 Å². The normalized spacial score (nSPS) is 18.5. The van der Waals surface area contributed by atoms with Crippen LogP contribution in [0.3, 0.4) is 0 Å². The minimum atomic E-state index is -4.25. The predicted octanol–water partition coefficient (Wildman–Crippen LogP) is 4.94. The van der Waals surface area contributed by atoms with E-state index in [-0.39, 0.29) is 4.83 Å². The van der Waals surface area contributed by atoms with Gasteiger partial charge in [-0.25, -0.2) is 0 Å². The Morgan fingerprint density at radius 2 is 2.00 bits per heavy atom. The molecule has 1 aliphatic carbocycles. The fourth-order valence-electron chi connectivity index (χ4n) is 1.69. The summed E-state index contributed by atoms with van der Waals surface area (Å²) in [5.41, 5.74) is 0.159. The van der Waals surface area contributed by atoms with Crippen LogP contribution in [0.5, 0.6) is 0 Å². The molecule has 0 saturated heterocycles. The molecule has 0 bridgehead atoms. The quantitative estimate of drug-likeness (QED) is 0.692. The maximum absolute atomic E-state index is 12.5. The lowest BCUT2D eigenvalue weighted by Gasteiger charge is -2.12. The first kappa shape index (κ1) is 12.0. The number of rotatable bonds is 3. The molecule has 88 valence electrons. The summed E-state index contributed by atoms with van der Waals surface area (Å²) < 4.78 is 37.5. The smallest absolute Gasteiger partial charge is 0.166 e. The molecule has 1 saturated carbocycles. The monoisotopic (exact) mass is 292 g/mol. The lowest BCUT2D eigenvalue weighted by atomic mass is 10.0. The summed E-state index contributed by atoms with van der Waals surface area (Å²) in [4.78, 5) is 0.0438. The molecule has 1 aromatic carbocycles. The average molecular weight is 293 g/mol. The zero-order valence-electron chi connectivity index (χ0n) is 8.60. The zero-order chi connectivity index (χ0) is 11.8. The first-order valence-electron chi connectivity index (χ1n) is 5.28. The third kappa shape index (κ3) is 3.00. The van der Waals surface area contributed by atoms with Gasteiger partial charge in [0, 0.05) is 4.83 Å². The van der Waals surface area contributed by atoms with E-state index in [1.807, 2.05) is 0 Å².